The molecule has 0 atom stereocenters. The van der Waals surface area contributed by atoms with Crippen molar-refractivity contribution in [3.05, 3.63) is 0 Å². The third-order valence-corrected chi connectivity index (χ3v) is 5.25. The maximum Gasteiger partial charge on any atom is 0.313 e. The highest BCUT2D eigenvalue weighted by Gasteiger charge is 2.30. The third kappa shape index (κ3) is 5.05. The minimum absolute atomic E-state index is 0.00738. The Hall–Kier alpha value is -0.710. The second kappa shape index (κ2) is 7.78. The predicted molar refractivity (Wildman–Crippen MR) is 78.4 cm³/mol. The summed E-state index contributed by atoms with van der Waals surface area (Å²) in [5.74, 6) is -0.468. The van der Waals surface area contributed by atoms with Crippen LogP contribution in [0.3, 0.4) is 0 Å². The van der Waals surface area contributed by atoms with Gasteiger partial charge in [0, 0.05) is 13.1 Å². The molecule has 110 valence electrons. The Labute approximate surface area is 119 Å². The molecule has 0 saturated carbocycles. The van der Waals surface area contributed by atoms with Crippen LogP contribution in [0.4, 0.5) is 0 Å². The summed E-state index contributed by atoms with van der Waals surface area (Å²) in [4.78, 5) is 24.4. The molecule has 1 fully saturated rings. The molecule has 0 aromatic rings. The molecule has 1 rings (SSSR count). The van der Waals surface area contributed by atoms with Crippen LogP contribution in [0.2, 0.25) is 0 Å². The molecule has 1 aliphatic rings. The average molecular weight is 287 g/mol. The Morgan fingerprint density at radius 1 is 1.16 bits per heavy atom. The molecular weight excluding hydrogens is 262 g/mol. The number of carboxylic acid groups (broad SMARTS) is 1. The van der Waals surface area contributed by atoms with Crippen LogP contribution in [0.25, 0.3) is 0 Å². The Bertz CT molecular complexity index is 316. The number of hydrogen-bond acceptors (Lipinski definition) is 3. The van der Waals surface area contributed by atoms with E-state index in [2.05, 4.69) is 13.8 Å². The van der Waals surface area contributed by atoms with Crippen molar-refractivity contribution < 1.29 is 14.7 Å². The van der Waals surface area contributed by atoms with Gasteiger partial charge in [-0.1, -0.05) is 26.7 Å². The van der Waals surface area contributed by atoms with Crippen molar-refractivity contribution in [3.63, 3.8) is 0 Å². The van der Waals surface area contributed by atoms with E-state index in [9.17, 15) is 9.59 Å². The number of likely N-dealkylation sites (tertiary alicyclic amines) is 1. The highest BCUT2D eigenvalue weighted by Crippen LogP contribution is 2.37. The van der Waals surface area contributed by atoms with Crippen molar-refractivity contribution in [1.29, 1.82) is 0 Å². The van der Waals surface area contributed by atoms with Gasteiger partial charge in [-0.2, -0.15) is 0 Å². The molecule has 1 heterocycles. The lowest BCUT2D eigenvalue weighted by Crippen LogP contribution is -2.34. The smallest absolute Gasteiger partial charge is 0.313 e. The van der Waals surface area contributed by atoms with Gasteiger partial charge in [-0.25, -0.2) is 0 Å². The standard InChI is InChI=1S/C14H25NO3S/c1-3-14(4-2)6-5-8-15(9-7-14)12(16)10-19-11-13(17)18/h3-11H2,1-2H3,(H,17,18). The van der Waals surface area contributed by atoms with Crippen molar-refractivity contribution in [2.75, 3.05) is 24.6 Å². The number of aliphatic carboxylic acids is 1. The summed E-state index contributed by atoms with van der Waals surface area (Å²) in [5.41, 5.74) is 0.406. The zero-order chi connectivity index (χ0) is 14.3. The summed E-state index contributed by atoms with van der Waals surface area (Å²) in [5, 5.41) is 8.57. The molecule has 0 radical (unpaired) electrons. The van der Waals surface area contributed by atoms with Crippen LogP contribution < -0.4 is 0 Å². The lowest BCUT2D eigenvalue weighted by atomic mass is 9.76. The number of carbonyl (C=O) groups excluding carboxylic acids is 1. The van der Waals surface area contributed by atoms with E-state index in [1.54, 1.807) is 0 Å². The number of rotatable bonds is 6. The fraction of sp³-hybridized carbons (Fsp3) is 0.857. The second-order valence-corrected chi connectivity index (χ2v) is 6.31. The van der Waals surface area contributed by atoms with Gasteiger partial charge in [0.2, 0.25) is 5.91 Å². The van der Waals surface area contributed by atoms with Gasteiger partial charge in [0.05, 0.1) is 11.5 Å². The molecule has 0 aliphatic carbocycles. The monoisotopic (exact) mass is 287 g/mol. The zero-order valence-corrected chi connectivity index (χ0v) is 12.8. The number of thioether (sulfide) groups is 1. The van der Waals surface area contributed by atoms with Crippen LogP contribution >= 0.6 is 11.8 Å². The minimum Gasteiger partial charge on any atom is -0.481 e. The molecule has 1 amide bonds. The lowest BCUT2D eigenvalue weighted by molar-refractivity contribution is -0.133. The van der Waals surface area contributed by atoms with Gasteiger partial charge in [0.25, 0.3) is 0 Å². The van der Waals surface area contributed by atoms with Gasteiger partial charge in [-0.05, 0) is 24.7 Å². The molecule has 0 aromatic carbocycles. The fourth-order valence-electron chi connectivity index (χ4n) is 2.78. The summed E-state index contributed by atoms with van der Waals surface area (Å²) in [6.07, 6.45) is 5.71. The van der Waals surface area contributed by atoms with Gasteiger partial charge in [-0.3, -0.25) is 9.59 Å². The fourth-order valence-corrected chi connectivity index (χ4v) is 3.41. The van der Waals surface area contributed by atoms with Crippen LogP contribution in [0.5, 0.6) is 0 Å². The molecule has 4 nitrogen and oxygen atoms in total. The van der Waals surface area contributed by atoms with E-state index in [1.165, 1.54) is 31.0 Å². The average Bonchev–Trinajstić information content (AvgIpc) is 2.61. The van der Waals surface area contributed by atoms with E-state index in [0.29, 0.717) is 5.41 Å². The van der Waals surface area contributed by atoms with Gasteiger partial charge >= 0.3 is 5.97 Å². The first-order valence-corrected chi connectivity index (χ1v) is 8.26. The quantitative estimate of drug-likeness (QED) is 0.816. The van der Waals surface area contributed by atoms with Crippen molar-refractivity contribution in [2.45, 2.75) is 46.0 Å². The van der Waals surface area contributed by atoms with Gasteiger partial charge in [0.1, 0.15) is 0 Å². The molecule has 0 unspecified atom stereocenters. The SMILES string of the molecule is CCC1(CC)CCCN(C(=O)CSCC(=O)O)CC1. The van der Waals surface area contributed by atoms with Crippen LogP contribution in [0, 0.1) is 5.41 Å². The Morgan fingerprint density at radius 2 is 1.84 bits per heavy atom. The number of carbonyl (C=O) groups is 2. The van der Waals surface area contributed by atoms with Crippen molar-refractivity contribution >= 4 is 23.6 Å². The summed E-state index contributed by atoms with van der Waals surface area (Å²) < 4.78 is 0. The van der Waals surface area contributed by atoms with Crippen molar-refractivity contribution in [2.24, 2.45) is 5.41 Å². The third-order valence-electron chi connectivity index (χ3n) is 4.35. The lowest BCUT2D eigenvalue weighted by Gasteiger charge is -2.30. The molecule has 5 heteroatoms. The summed E-state index contributed by atoms with van der Waals surface area (Å²) in [7, 11) is 0. The minimum atomic E-state index is -0.857. The topological polar surface area (TPSA) is 57.6 Å². The Morgan fingerprint density at radius 3 is 2.42 bits per heavy atom. The molecule has 1 N–H and O–H groups in total. The van der Waals surface area contributed by atoms with E-state index in [0.717, 1.165) is 25.9 Å². The summed E-state index contributed by atoms with van der Waals surface area (Å²) in [6, 6.07) is 0. The van der Waals surface area contributed by atoms with Crippen molar-refractivity contribution in [1.82, 2.24) is 4.90 Å². The number of amides is 1. The maximum absolute atomic E-state index is 12.0. The summed E-state index contributed by atoms with van der Waals surface area (Å²) in [6.45, 7) is 6.13. The summed E-state index contributed by atoms with van der Waals surface area (Å²) >= 11 is 1.19. The van der Waals surface area contributed by atoms with Gasteiger partial charge in [0.15, 0.2) is 0 Å². The molecule has 0 bridgehead atoms. The Balaban J connectivity index is 2.43. The molecule has 1 aliphatic heterocycles. The largest absolute Gasteiger partial charge is 0.481 e. The van der Waals surface area contributed by atoms with Crippen molar-refractivity contribution in [3.8, 4) is 0 Å². The highest BCUT2D eigenvalue weighted by molar-refractivity contribution is 8.00. The van der Waals surface area contributed by atoms with E-state index in [4.69, 9.17) is 5.11 Å². The van der Waals surface area contributed by atoms with Crippen LogP contribution in [-0.4, -0.2) is 46.5 Å². The van der Waals surface area contributed by atoms with Gasteiger partial charge < -0.3 is 10.0 Å². The molecule has 0 spiro atoms. The normalized spacial score (nSPS) is 18.9. The molecule has 0 aromatic heterocycles. The van der Waals surface area contributed by atoms with E-state index in [-0.39, 0.29) is 17.4 Å². The molecule has 19 heavy (non-hydrogen) atoms. The maximum atomic E-state index is 12.0. The first kappa shape index (κ1) is 16.3. The second-order valence-electron chi connectivity index (χ2n) is 5.33. The number of hydrogen-bond donors (Lipinski definition) is 1. The van der Waals surface area contributed by atoms with E-state index >= 15 is 0 Å². The van der Waals surface area contributed by atoms with Gasteiger partial charge in [-0.15, -0.1) is 11.8 Å². The molecule has 1 saturated heterocycles. The van der Waals surface area contributed by atoms with Crippen LogP contribution in [0.15, 0.2) is 0 Å². The molecular formula is C14H25NO3S. The van der Waals surface area contributed by atoms with Crippen LogP contribution in [0.1, 0.15) is 46.0 Å². The highest BCUT2D eigenvalue weighted by atomic mass is 32.2. The Kier molecular flexibility index (Phi) is 6.69. The predicted octanol–water partition coefficient (Wildman–Crippen LogP) is 2.62. The van der Waals surface area contributed by atoms with E-state index < -0.39 is 5.97 Å². The zero-order valence-electron chi connectivity index (χ0n) is 12.0. The first-order chi connectivity index (χ1) is 9.03. The van der Waals surface area contributed by atoms with Crippen LogP contribution in [-0.2, 0) is 9.59 Å². The van der Waals surface area contributed by atoms with E-state index in [1.807, 2.05) is 4.90 Å². The first-order valence-electron chi connectivity index (χ1n) is 7.10. The number of nitrogens with zero attached hydrogens (tertiary/aromatic N) is 1. The number of carboxylic acids is 1.